The number of benzene rings is 1. The molecule has 1 aromatic heterocycles. The summed E-state index contributed by atoms with van der Waals surface area (Å²) in [5.41, 5.74) is 0.463. The average molecular weight is 339 g/mol. The molecule has 6 nitrogen and oxygen atoms in total. The lowest BCUT2D eigenvalue weighted by molar-refractivity contribution is -0.138. The van der Waals surface area contributed by atoms with Crippen LogP contribution in [0.5, 0.6) is 0 Å². The third-order valence-electron chi connectivity index (χ3n) is 5.04. The number of amides is 1. The Kier molecular flexibility index (Phi) is 4.75. The molecule has 1 saturated carbocycles. The number of hydrogen-bond acceptors (Lipinski definition) is 4. The van der Waals surface area contributed by atoms with Gasteiger partial charge >= 0.3 is 5.97 Å². The van der Waals surface area contributed by atoms with Crippen molar-refractivity contribution in [3.63, 3.8) is 0 Å². The van der Waals surface area contributed by atoms with Crippen LogP contribution in [0, 0.1) is 11.3 Å². The molecule has 1 heterocycles. The first-order chi connectivity index (χ1) is 12.1. The topological polar surface area (TPSA) is 86.2 Å². The smallest absolute Gasteiger partial charge is 0.340 e. The number of likely N-dealkylation sites (N-methyl/N-ethyl adjacent to an activating group) is 1. The first kappa shape index (κ1) is 17.0. The van der Waals surface area contributed by atoms with E-state index >= 15 is 0 Å². The van der Waals surface area contributed by atoms with E-state index in [0.29, 0.717) is 18.4 Å². The van der Waals surface area contributed by atoms with Crippen LogP contribution in [-0.2, 0) is 9.53 Å². The molecule has 0 atom stereocenters. The normalized spacial score (nSPS) is 16.2. The van der Waals surface area contributed by atoms with Crippen LogP contribution in [-0.4, -0.2) is 41.0 Å². The Bertz CT molecular complexity index is 828. The highest BCUT2D eigenvalue weighted by molar-refractivity contribution is 6.04. The van der Waals surface area contributed by atoms with Crippen LogP contribution in [0.15, 0.2) is 30.5 Å². The minimum Gasteiger partial charge on any atom is -0.452 e. The summed E-state index contributed by atoms with van der Waals surface area (Å²) in [5, 5.41) is 10.3. The van der Waals surface area contributed by atoms with Gasteiger partial charge in [0.25, 0.3) is 5.91 Å². The molecule has 0 aliphatic heterocycles. The van der Waals surface area contributed by atoms with Gasteiger partial charge in [-0.05, 0) is 18.9 Å². The molecule has 1 fully saturated rings. The van der Waals surface area contributed by atoms with Crippen molar-refractivity contribution in [2.24, 2.45) is 0 Å². The SMILES string of the molecule is CN(C(=O)COC(=O)c1c[nH]c2ccccc12)C1(C#N)CCCCC1. The Morgan fingerprint density at radius 2 is 2.00 bits per heavy atom. The standard InChI is InChI=1S/C19H21N3O3/c1-22(19(13-20)9-5-2-6-10-19)17(23)12-25-18(24)15-11-21-16-8-4-3-7-14(15)16/h3-4,7-8,11,21H,2,5-6,9-10,12H2,1H3. The van der Waals surface area contributed by atoms with E-state index in [2.05, 4.69) is 11.1 Å². The first-order valence-corrected chi connectivity index (χ1v) is 8.48. The van der Waals surface area contributed by atoms with Gasteiger partial charge in [-0.15, -0.1) is 0 Å². The Hall–Kier alpha value is -2.81. The van der Waals surface area contributed by atoms with E-state index in [4.69, 9.17) is 4.74 Å². The summed E-state index contributed by atoms with van der Waals surface area (Å²) in [6.07, 6.45) is 5.87. The van der Waals surface area contributed by atoms with Crippen molar-refractivity contribution in [3.05, 3.63) is 36.0 Å². The predicted molar refractivity (Wildman–Crippen MR) is 92.8 cm³/mol. The summed E-state index contributed by atoms with van der Waals surface area (Å²) < 4.78 is 5.20. The number of para-hydroxylation sites is 1. The van der Waals surface area contributed by atoms with Gasteiger partial charge in [0.2, 0.25) is 0 Å². The number of ether oxygens (including phenoxy) is 1. The number of hydrogen-bond donors (Lipinski definition) is 1. The second-order valence-corrected chi connectivity index (χ2v) is 6.48. The number of rotatable bonds is 4. The number of esters is 1. The Morgan fingerprint density at radius 1 is 1.28 bits per heavy atom. The van der Waals surface area contributed by atoms with Gasteiger partial charge in [-0.2, -0.15) is 5.26 Å². The van der Waals surface area contributed by atoms with Gasteiger partial charge in [0.1, 0.15) is 5.54 Å². The van der Waals surface area contributed by atoms with Crippen molar-refractivity contribution in [3.8, 4) is 6.07 Å². The van der Waals surface area contributed by atoms with Gasteiger partial charge in [-0.25, -0.2) is 4.79 Å². The lowest BCUT2D eigenvalue weighted by atomic mass is 9.81. The van der Waals surface area contributed by atoms with Gasteiger partial charge in [0.15, 0.2) is 6.61 Å². The van der Waals surface area contributed by atoms with Gasteiger partial charge in [0, 0.05) is 24.1 Å². The van der Waals surface area contributed by atoms with E-state index in [1.165, 1.54) is 4.90 Å². The van der Waals surface area contributed by atoms with E-state index in [0.717, 1.165) is 30.2 Å². The number of aromatic nitrogens is 1. The second-order valence-electron chi connectivity index (χ2n) is 6.48. The number of aromatic amines is 1. The molecule has 0 bridgehead atoms. The Balaban J connectivity index is 1.65. The van der Waals surface area contributed by atoms with E-state index in [1.54, 1.807) is 13.2 Å². The maximum absolute atomic E-state index is 12.4. The average Bonchev–Trinajstić information content (AvgIpc) is 3.10. The molecule has 1 amide bonds. The molecule has 1 N–H and O–H groups in total. The molecular weight excluding hydrogens is 318 g/mol. The Morgan fingerprint density at radius 3 is 2.72 bits per heavy atom. The summed E-state index contributed by atoms with van der Waals surface area (Å²) >= 11 is 0. The molecule has 0 radical (unpaired) electrons. The highest BCUT2D eigenvalue weighted by Crippen LogP contribution is 2.32. The van der Waals surface area contributed by atoms with Crippen LogP contribution in [0.4, 0.5) is 0 Å². The minimum absolute atomic E-state index is 0.350. The second kappa shape index (κ2) is 6.98. The lowest BCUT2D eigenvalue weighted by Crippen LogP contribution is -2.51. The van der Waals surface area contributed by atoms with Crippen molar-refractivity contribution in [1.29, 1.82) is 5.26 Å². The molecule has 1 aliphatic rings. The van der Waals surface area contributed by atoms with Crippen LogP contribution < -0.4 is 0 Å². The van der Waals surface area contributed by atoms with Crippen LogP contribution in [0.25, 0.3) is 10.9 Å². The largest absolute Gasteiger partial charge is 0.452 e. The van der Waals surface area contributed by atoms with Gasteiger partial charge in [-0.1, -0.05) is 37.5 Å². The van der Waals surface area contributed by atoms with E-state index < -0.39 is 11.5 Å². The highest BCUT2D eigenvalue weighted by Gasteiger charge is 2.39. The van der Waals surface area contributed by atoms with Gasteiger partial charge in [0.05, 0.1) is 11.6 Å². The zero-order valence-electron chi connectivity index (χ0n) is 14.2. The number of nitrogens with zero attached hydrogens (tertiary/aromatic N) is 2. The molecule has 0 unspecified atom stereocenters. The summed E-state index contributed by atoms with van der Waals surface area (Å²) in [6.45, 7) is -0.363. The Labute approximate surface area is 146 Å². The number of nitrogens with one attached hydrogen (secondary N) is 1. The quantitative estimate of drug-likeness (QED) is 0.868. The zero-order valence-corrected chi connectivity index (χ0v) is 14.2. The summed E-state index contributed by atoms with van der Waals surface area (Å²) in [5.74, 6) is -0.898. The first-order valence-electron chi connectivity index (χ1n) is 8.48. The van der Waals surface area contributed by atoms with Gasteiger partial charge < -0.3 is 14.6 Å². The summed E-state index contributed by atoms with van der Waals surface area (Å²) in [4.78, 5) is 29.2. The molecule has 25 heavy (non-hydrogen) atoms. The molecular formula is C19H21N3O3. The van der Waals surface area contributed by atoms with E-state index in [-0.39, 0.29) is 12.5 Å². The fourth-order valence-electron chi connectivity index (χ4n) is 3.44. The van der Waals surface area contributed by atoms with Gasteiger partial charge in [-0.3, -0.25) is 4.79 Å². The van der Waals surface area contributed by atoms with E-state index in [1.807, 2.05) is 24.3 Å². The molecule has 6 heteroatoms. The fourth-order valence-corrected chi connectivity index (χ4v) is 3.44. The molecule has 130 valence electrons. The van der Waals surface area contributed by atoms with Crippen molar-refractivity contribution in [2.45, 2.75) is 37.6 Å². The third-order valence-corrected chi connectivity index (χ3v) is 5.04. The number of H-pyrrole nitrogens is 1. The van der Waals surface area contributed by atoms with Crippen LogP contribution in [0.1, 0.15) is 42.5 Å². The molecule has 2 aromatic rings. The molecule has 1 aromatic carbocycles. The molecule has 3 rings (SSSR count). The summed E-state index contributed by atoms with van der Waals surface area (Å²) in [6, 6.07) is 9.70. The van der Waals surface area contributed by atoms with Crippen LogP contribution in [0.3, 0.4) is 0 Å². The van der Waals surface area contributed by atoms with Crippen molar-refractivity contribution in [1.82, 2.24) is 9.88 Å². The third kappa shape index (κ3) is 3.22. The number of fused-ring (bicyclic) bond motifs is 1. The monoisotopic (exact) mass is 339 g/mol. The number of nitriles is 1. The lowest BCUT2D eigenvalue weighted by Gasteiger charge is -2.38. The predicted octanol–water partition coefficient (Wildman–Crippen LogP) is 3.01. The van der Waals surface area contributed by atoms with Crippen molar-refractivity contribution in [2.75, 3.05) is 13.7 Å². The maximum atomic E-state index is 12.4. The van der Waals surface area contributed by atoms with Crippen molar-refractivity contribution >= 4 is 22.8 Å². The molecule has 1 aliphatic carbocycles. The van der Waals surface area contributed by atoms with E-state index in [9.17, 15) is 14.9 Å². The van der Waals surface area contributed by atoms with Crippen LogP contribution >= 0.6 is 0 Å². The minimum atomic E-state index is -0.775. The highest BCUT2D eigenvalue weighted by atomic mass is 16.5. The number of carbonyl (C=O) groups is 2. The molecule has 0 saturated heterocycles. The summed E-state index contributed by atoms with van der Waals surface area (Å²) in [7, 11) is 1.62. The maximum Gasteiger partial charge on any atom is 0.340 e. The fraction of sp³-hybridized carbons (Fsp3) is 0.421. The van der Waals surface area contributed by atoms with Crippen LogP contribution in [0.2, 0.25) is 0 Å². The molecule has 0 spiro atoms. The number of carbonyl (C=O) groups excluding carboxylic acids is 2. The zero-order chi connectivity index (χ0) is 17.9. The van der Waals surface area contributed by atoms with Crippen molar-refractivity contribution < 1.29 is 14.3 Å².